The third kappa shape index (κ3) is 3.64. The van der Waals surface area contributed by atoms with Crippen LogP contribution in [0, 0.1) is 6.92 Å². The van der Waals surface area contributed by atoms with Gasteiger partial charge in [0.1, 0.15) is 18.0 Å². The lowest BCUT2D eigenvalue weighted by Gasteiger charge is -2.18. The van der Waals surface area contributed by atoms with Crippen LogP contribution < -0.4 is 10.6 Å². The molecule has 112 valence electrons. The number of nitrogens with zero attached hydrogens (tertiary/aromatic N) is 2. The Morgan fingerprint density at radius 3 is 2.52 bits per heavy atom. The average Bonchev–Trinajstić information content (AvgIpc) is 2.42. The number of anilines is 3. The number of hydrogen-bond acceptors (Lipinski definition) is 4. The van der Waals surface area contributed by atoms with Gasteiger partial charge in [-0.2, -0.15) is 0 Å². The smallest absolute Gasteiger partial charge is 0.139 e. The van der Waals surface area contributed by atoms with Gasteiger partial charge in [-0.1, -0.05) is 31.5 Å². The highest BCUT2D eigenvalue weighted by atomic mass is 35.5. The van der Waals surface area contributed by atoms with Gasteiger partial charge in [0.25, 0.3) is 0 Å². The van der Waals surface area contributed by atoms with Gasteiger partial charge in [-0.05, 0) is 37.5 Å². The number of benzene rings is 1. The van der Waals surface area contributed by atoms with Gasteiger partial charge in [0.05, 0.1) is 10.7 Å². The molecule has 0 saturated heterocycles. The highest BCUT2D eigenvalue weighted by Crippen LogP contribution is 2.32. The standard InChI is InChI=1S/C16H21ClN4/c1-5-18-15-14(10(2)3)16(20-9-19-15)21-13-7-6-11(4)8-12(13)17/h6-10H,5H2,1-4H3,(H2,18,19,20,21). The molecule has 0 atom stereocenters. The minimum Gasteiger partial charge on any atom is -0.370 e. The van der Waals surface area contributed by atoms with E-state index in [1.807, 2.05) is 25.1 Å². The van der Waals surface area contributed by atoms with E-state index >= 15 is 0 Å². The second-order valence-electron chi connectivity index (χ2n) is 5.28. The molecule has 0 amide bonds. The predicted octanol–water partition coefficient (Wildman–Crippen LogP) is 4.74. The Hall–Kier alpha value is -1.81. The molecule has 2 aromatic rings. The zero-order valence-corrected chi connectivity index (χ0v) is 13.6. The summed E-state index contributed by atoms with van der Waals surface area (Å²) in [6.07, 6.45) is 1.56. The third-order valence-electron chi connectivity index (χ3n) is 3.18. The van der Waals surface area contributed by atoms with E-state index in [4.69, 9.17) is 11.6 Å². The van der Waals surface area contributed by atoms with Crippen molar-refractivity contribution in [2.75, 3.05) is 17.2 Å². The molecule has 21 heavy (non-hydrogen) atoms. The second-order valence-corrected chi connectivity index (χ2v) is 5.69. The Morgan fingerprint density at radius 1 is 1.19 bits per heavy atom. The zero-order chi connectivity index (χ0) is 15.4. The molecule has 4 nitrogen and oxygen atoms in total. The first-order valence-corrected chi connectivity index (χ1v) is 7.52. The minimum absolute atomic E-state index is 0.298. The van der Waals surface area contributed by atoms with Crippen LogP contribution in [0.5, 0.6) is 0 Å². The Bertz CT molecular complexity index is 626. The van der Waals surface area contributed by atoms with E-state index in [0.717, 1.165) is 35.0 Å². The van der Waals surface area contributed by atoms with Gasteiger partial charge in [0.15, 0.2) is 0 Å². The second kappa shape index (κ2) is 6.76. The van der Waals surface area contributed by atoms with E-state index in [1.165, 1.54) is 0 Å². The largest absolute Gasteiger partial charge is 0.370 e. The van der Waals surface area contributed by atoms with E-state index < -0.39 is 0 Å². The van der Waals surface area contributed by atoms with Gasteiger partial charge in [0.2, 0.25) is 0 Å². The SMILES string of the molecule is CCNc1ncnc(Nc2ccc(C)cc2Cl)c1C(C)C. The molecule has 1 heterocycles. The zero-order valence-electron chi connectivity index (χ0n) is 12.9. The summed E-state index contributed by atoms with van der Waals surface area (Å²) in [6.45, 7) is 9.14. The molecule has 0 fully saturated rings. The van der Waals surface area contributed by atoms with Crippen LogP contribution in [0.1, 0.15) is 37.8 Å². The van der Waals surface area contributed by atoms with Crippen molar-refractivity contribution >= 4 is 28.9 Å². The van der Waals surface area contributed by atoms with Crippen molar-refractivity contribution in [2.45, 2.75) is 33.6 Å². The van der Waals surface area contributed by atoms with E-state index in [-0.39, 0.29) is 0 Å². The summed E-state index contributed by atoms with van der Waals surface area (Å²) in [5.41, 5.74) is 3.05. The molecule has 2 rings (SSSR count). The van der Waals surface area contributed by atoms with Gasteiger partial charge >= 0.3 is 0 Å². The molecular formula is C16H21ClN4. The number of halogens is 1. The van der Waals surface area contributed by atoms with E-state index in [0.29, 0.717) is 10.9 Å². The molecule has 0 saturated carbocycles. The van der Waals surface area contributed by atoms with Crippen molar-refractivity contribution in [3.8, 4) is 0 Å². The first-order chi connectivity index (χ1) is 10.0. The van der Waals surface area contributed by atoms with Gasteiger partial charge in [-0.25, -0.2) is 9.97 Å². The number of rotatable bonds is 5. The highest BCUT2D eigenvalue weighted by molar-refractivity contribution is 6.33. The monoisotopic (exact) mass is 304 g/mol. The van der Waals surface area contributed by atoms with Crippen molar-refractivity contribution < 1.29 is 0 Å². The normalized spacial score (nSPS) is 10.8. The fraction of sp³-hybridized carbons (Fsp3) is 0.375. The average molecular weight is 305 g/mol. The lowest BCUT2D eigenvalue weighted by molar-refractivity contribution is 0.849. The Morgan fingerprint density at radius 2 is 1.90 bits per heavy atom. The number of aromatic nitrogens is 2. The molecule has 0 aliphatic rings. The van der Waals surface area contributed by atoms with Gasteiger partial charge in [-0.15, -0.1) is 0 Å². The summed E-state index contributed by atoms with van der Waals surface area (Å²) < 4.78 is 0. The van der Waals surface area contributed by atoms with Crippen LogP contribution in [-0.4, -0.2) is 16.5 Å². The number of hydrogen-bond donors (Lipinski definition) is 2. The summed E-state index contributed by atoms with van der Waals surface area (Å²) in [4.78, 5) is 8.71. The molecule has 0 spiro atoms. The first kappa shape index (κ1) is 15.6. The maximum atomic E-state index is 6.29. The molecule has 0 aliphatic carbocycles. The van der Waals surface area contributed by atoms with Crippen LogP contribution in [-0.2, 0) is 0 Å². The Balaban J connectivity index is 2.41. The van der Waals surface area contributed by atoms with Crippen LogP contribution in [0.25, 0.3) is 0 Å². The molecule has 0 bridgehead atoms. The number of nitrogens with one attached hydrogen (secondary N) is 2. The van der Waals surface area contributed by atoms with Crippen molar-refractivity contribution in [3.05, 3.63) is 40.7 Å². The molecule has 5 heteroatoms. The summed E-state index contributed by atoms with van der Waals surface area (Å²) in [7, 11) is 0. The Kier molecular flexibility index (Phi) is 5.02. The fourth-order valence-corrected chi connectivity index (χ4v) is 2.48. The maximum Gasteiger partial charge on any atom is 0.139 e. The van der Waals surface area contributed by atoms with E-state index in [2.05, 4.69) is 41.4 Å². The number of aryl methyl sites for hydroxylation is 1. The van der Waals surface area contributed by atoms with Crippen LogP contribution in [0.15, 0.2) is 24.5 Å². The lowest BCUT2D eigenvalue weighted by atomic mass is 10.0. The Labute approximate surface area is 131 Å². The van der Waals surface area contributed by atoms with Gasteiger partial charge in [-0.3, -0.25) is 0 Å². The summed E-state index contributed by atoms with van der Waals surface area (Å²) in [6, 6.07) is 5.93. The highest BCUT2D eigenvalue weighted by Gasteiger charge is 2.15. The van der Waals surface area contributed by atoms with Crippen LogP contribution >= 0.6 is 11.6 Å². The van der Waals surface area contributed by atoms with Crippen molar-refractivity contribution in [1.29, 1.82) is 0 Å². The fourth-order valence-electron chi connectivity index (χ4n) is 2.20. The maximum absolute atomic E-state index is 6.29. The van der Waals surface area contributed by atoms with Crippen molar-refractivity contribution in [3.63, 3.8) is 0 Å². The summed E-state index contributed by atoms with van der Waals surface area (Å²) >= 11 is 6.29. The topological polar surface area (TPSA) is 49.8 Å². The predicted molar refractivity (Wildman–Crippen MR) is 89.8 cm³/mol. The van der Waals surface area contributed by atoms with Crippen molar-refractivity contribution in [2.24, 2.45) is 0 Å². The third-order valence-corrected chi connectivity index (χ3v) is 3.50. The minimum atomic E-state index is 0.298. The molecule has 0 radical (unpaired) electrons. The van der Waals surface area contributed by atoms with E-state index in [1.54, 1.807) is 6.33 Å². The van der Waals surface area contributed by atoms with Crippen LogP contribution in [0.2, 0.25) is 5.02 Å². The van der Waals surface area contributed by atoms with Crippen LogP contribution in [0.3, 0.4) is 0 Å². The molecular weight excluding hydrogens is 284 g/mol. The van der Waals surface area contributed by atoms with E-state index in [9.17, 15) is 0 Å². The van der Waals surface area contributed by atoms with Gasteiger partial charge < -0.3 is 10.6 Å². The molecule has 0 aliphatic heterocycles. The van der Waals surface area contributed by atoms with Crippen molar-refractivity contribution in [1.82, 2.24) is 9.97 Å². The first-order valence-electron chi connectivity index (χ1n) is 7.14. The molecule has 1 aromatic carbocycles. The quantitative estimate of drug-likeness (QED) is 0.838. The summed E-state index contributed by atoms with van der Waals surface area (Å²) in [5, 5.41) is 7.30. The summed E-state index contributed by atoms with van der Waals surface area (Å²) in [5.74, 6) is 1.96. The molecule has 1 aromatic heterocycles. The van der Waals surface area contributed by atoms with Crippen LogP contribution in [0.4, 0.5) is 17.3 Å². The molecule has 0 unspecified atom stereocenters. The lowest BCUT2D eigenvalue weighted by Crippen LogP contribution is -2.09. The van der Waals surface area contributed by atoms with Gasteiger partial charge in [0, 0.05) is 12.1 Å². The molecule has 2 N–H and O–H groups in total.